The van der Waals surface area contributed by atoms with Crippen molar-refractivity contribution < 1.29 is 19.1 Å². The Balaban J connectivity index is 1.53. The van der Waals surface area contributed by atoms with E-state index < -0.39 is 11.1 Å². The monoisotopic (exact) mass is 525 g/mol. The zero-order valence-corrected chi connectivity index (χ0v) is 22.1. The second-order valence-corrected chi connectivity index (χ2v) is 10.2. The Morgan fingerprint density at radius 1 is 1.16 bits per heavy atom. The highest BCUT2D eigenvalue weighted by Crippen LogP contribution is 2.28. The molecule has 37 heavy (non-hydrogen) atoms. The standard InChI is InChI=1S/C27H32ClN5O4/c1-26(2,33-20-29-19-30-33)25(35)32-13-14-37-27(17-32,18-36-23-11-9-22(28)10-12-23)15-24(34)31(3)16-21-7-5-4-6-8-21/h4-12,19-20H,13-18H2,1-3H3/t27-/m1/s1. The molecule has 2 heterocycles. The van der Waals surface area contributed by atoms with Gasteiger partial charge in [0.1, 0.15) is 36.2 Å². The molecule has 1 aliphatic heterocycles. The van der Waals surface area contributed by atoms with Crippen LogP contribution in [0, 0.1) is 0 Å². The minimum Gasteiger partial charge on any atom is -0.490 e. The number of halogens is 1. The average Bonchev–Trinajstić information content (AvgIpc) is 3.45. The molecular weight excluding hydrogens is 494 g/mol. The molecule has 0 saturated carbocycles. The summed E-state index contributed by atoms with van der Waals surface area (Å²) in [5.74, 6) is 0.361. The zero-order chi connectivity index (χ0) is 26.5. The lowest BCUT2D eigenvalue weighted by Gasteiger charge is -2.44. The van der Waals surface area contributed by atoms with Gasteiger partial charge in [-0.25, -0.2) is 9.67 Å². The van der Waals surface area contributed by atoms with Crippen LogP contribution in [0.1, 0.15) is 25.8 Å². The summed E-state index contributed by atoms with van der Waals surface area (Å²) in [6.07, 6.45) is 2.98. The third-order valence-electron chi connectivity index (χ3n) is 6.53. The molecule has 0 spiro atoms. The van der Waals surface area contributed by atoms with Crippen molar-refractivity contribution in [2.45, 2.75) is 38.0 Å². The van der Waals surface area contributed by atoms with Gasteiger partial charge >= 0.3 is 0 Å². The van der Waals surface area contributed by atoms with Gasteiger partial charge in [0.2, 0.25) is 11.8 Å². The lowest BCUT2D eigenvalue weighted by Crippen LogP contribution is -2.61. The number of hydrogen-bond acceptors (Lipinski definition) is 6. The minimum atomic E-state index is -1.03. The number of morpholine rings is 1. The van der Waals surface area contributed by atoms with Crippen molar-refractivity contribution >= 4 is 23.4 Å². The smallest absolute Gasteiger partial charge is 0.250 e. The van der Waals surface area contributed by atoms with Gasteiger partial charge in [0.05, 0.1) is 19.6 Å². The van der Waals surface area contributed by atoms with Crippen LogP contribution >= 0.6 is 11.6 Å². The predicted molar refractivity (Wildman–Crippen MR) is 139 cm³/mol. The number of rotatable bonds is 9. The van der Waals surface area contributed by atoms with E-state index in [1.54, 1.807) is 55.0 Å². The molecule has 4 rings (SSSR count). The van der Waals surface area contributed by atoms with Crippen LogP contribution in [0.25, 0.3) is 0 Å². The van der Waals surface area contributed by atoms with Gasteiger partial charge in [0.15, 0.2) is 0 Å². The number of amides is 2. The maximum Gasteiger partial charge on any atom is 0.250 e. The first-order valence-corrected chi connectivity index (χ1v) is 12.5. The maximum absolute atomic E-state index is 13.6. The first kappa shape index (κ1) is 26.6. The SMILES string of the molecule is CN(Cc1ccccc1)C(=O)C[C@]1(COc2ccc(Cl)cc2)CN(C(=O)C(C)(C)n2cncn2)CCO1. The summed E-state index contributed by atoms with van der Waals surface area (Å²) in [5.41, 5.74) is -0.959. The lowest BCUT2D eigenvalue weighted by atomic mass is 9.94. The fraction of sp³-hybridized carbons (Fsp3) is 0.407. The molecule has 1 aliphatic rings. The quantitative estimate of drug-likeness (QED) is 0.425. The molecule has 0 unspecified atom stereocenters. The third-order valence-corrected chi connectivity index (χ3v) is 6.78. The molecule has 196 valence electrons. The Hall–Kier alpha value is -3.43. The Labute approximate surface area is 221 Å². The van der Waals surface area contributed by atoms with E-state index >= 15 is 0 Å². The number of hydrogen-bond donors (Lipinski definition) is 0. The van der Waals surface area contributed by atoms with E-state index in [1.807, 2.05) is 30.3 Å². The van der Waals surface area contributed by atoms with Gasteiger partial charge in [0, 0.05) is 25.2 Å². The van der Waals surface area contributed by atoms with E-state index in [1.165, 1.54) is 17.3 Å². The van der Waals surface area contributed by atoms with Crippen LogP contribution in [-0.4, -0.2) is 75.3 Å². The molecule has 0 N–H and O–H groups in total. The van der Waals surface area contributed by atoms with Crippen molar-refractivity contribution in [3.63, 3.8) is 0 Å². The van der Waals surface area contributed by atoms with Crippen LogP contribution in [0.3, 0.4) is 0 Å². The van der Waals surface area contributed by atoms with E-state index in [9.17, 15) is 9.59 Å². The molecule has 0 bridgehead atoms. The second-order valence-electron chi connectivity index (χ2n) is 9.81. The minimum absolute atomic E-state index is 0.0530. The third kappa shape index (κ3) is 6.47. The van der Waals surface area contributed by atoms with E-state index in [2.05, 4.69) is 10.1 Å². The van der Waals surface area contributed by atoms with Crippen molar-refractivity contribution in [3.05, 3.63) is 77.8 Å². The molecule has 2 amide bonds. The number of nitrogens with zero attached hydrogens (tertiary/aromatic N) is 5. The highest BCUT2D eigenvalue weighted by molar-refractivity contribution is 6.30. The number of aromatic nitrogens is 3. The Morgan fingerprint density at radius 2 is 1.89 bits per heavy atom. The summed E-state index contributed by atoms with van der Waals surface area (Å²) in [5, 5.41) is 4.76. The summed E-state index contributed by atoms with van der Waals surface area (Å²) in [7, 11) is 1.77. The Morgan fingerprint density at radius 3 is 2.57 bits per heavy atom. The van der Waals surface area contributed by atoms with Crippen LogP contribution < -0.4 is 4.74 Å². The number of ether oxygens (including phenoxy) is 2. The van der Waals surface area contributed by atoms with Crippen molar-refractivity contribution in [1.82, 2.24) is 24.6 Å². The molecule has 3 aromatic rings. The topological polar surface area (TPSA) is 89.8 Å². The summed E-state index contributed by atoms with van der Waals surface area (Å²) in [4.78, 5) is 34.4. The van der Waals surface area contributed by atoms with Crippen LogP contribution in [0.2, 0.25) is 5.02 Å². The molecule has 1 atom stereocenters. The van der Waals surface area contributed by atoms with Crippen molar-refractivity contribution in [3.8, 4) is 5.75 Å². The van der Waals surface area contributed by atoms with Crippen LogP contribution in [0.15, 0.2) is 67.3 Å². The molecule has 2 aromatic carbocycles. The molecule has 9 nitrogen and oxygen atoms in total. The van der Waals surface area contributed by atoms with Crippen LogP contribution in [0.4, 0.5) is 0 Å². The van der Waals surface area contributed by atoms with Crippen molar-refractivity contribution in [1.29, 1.82) is 0 Å². The van der Waals surface area contributed by atoms with Crippen molar-refractivity contribution in [2.75, 3.05) is 33.4 Å². The first-order chi connectivity index (χ1) is 17.7. The highest BCUT2D eigenvalue weighted by atomic mass is 35.5. The van der Waals surface area contributed by atoms with Gasteiger partial charge in [-0.1, -0.05) is 41.9 Å². The van der Waals surface area contributed by atoms with Gasteiger partial charge in [-0.2, -0.15) is 5.10 Å². The summed E-state index contributed by atoms with van der Waals surface area (Å²) < 4.78 is 13.8. The summed E-state index contributed by atoms with van der Waals surface area (Å²) >= 11 is 6.01. The van der Waals surface area contributed by atoms with E-state index in [-0.39, 0.29) is 38.0 Å². The van der Waals surface area contributed by atoms with E-state index in [0.717, 1.165) is 5.56 Å². The van der Waals surface area contributed by atoms with Gasteiger partial charge in [-0.15, -0.1) is 0 Å². The molecule has 1 fully saturated rings. The zero-order valence-electron chi connectivity index (χ0n) is 21.3. The van der Waals surface area contributed by atoms with Gasteiger partial charge in [-0.05, 0) is 43.7 Å². The van der Waals surface area contributed by atoms with E-state index in [4.69, 9.17) is 21.1 Å². The second kappa shape index (κ2) is 11.3. The summed E-state index contributed by atoms with van der Waals surface area (Å²) in [6, 6.07) is 16.8. The molecule has 0 radical (unpaired) electrons. The maximum atomic E-state index is 13.6. The molecule has 1 saturated heterocycles. The highest BCUT2D eigenvalue weighted by Gasteiger charge is 2.45. The average molecular weight is 526 g/mol. The van der Waals surface area contributed by atoms with Crippen LogP contribution in [0.5, 0.6) is 5.75 Å². The van der Waals surface area contributed by atoms with Gasteiger partial charge in [0.25, 0.3) is 0 Å². The number of carbonyl (C=O) groups excluding carboxylic acids is 2. The number of benzene rings is 2. The fourth-order valence-electron chi connectivity index (χ4n) is 4.35. The Kier molecular flexibility index (Phi) is 8.14. The van der Waals surface area contributed by atoms with Gasteiger partial charge < -0.3 is 19.3 Å². The fourth-order valence-corrected chi connectivity index (χ4v) is 4.47. The predicted octanol–water partition coefficient (Wildman–Crippen LogP) is 3.39. The summed E-state index contributed by atoms with van der Waals surface area (Å²) in [6.45, 7) is 5.02. The largest absolute Gasteiger partial charge is 0.490 e. The van der Waals surface area contributed by atoms with E-state index in [0.29, 0.717) is 23.9 Å². The van der Waals surface area contributed by atoms with Gasteiger partial charge in [-0.3, -0.25) is 9.59 Å². The normalized spacial score (nSPS) is 17.9. The number of carbonyl (C=O) groups is 2. The van der Waals surface area contributed by atoms with Crippen molar-refractivity contribution in [2.24, 2.45) is 0 Å². The molecule has 0 aliphatic carbocycles. The lowest BCUT2D eigenvalue weighted by molar-refractivity contribution is -0.170. The molecule has 1 aromatic heterocycles. The molecule has 10 heteroatoms. The first-order valence-electron chi connectivity index (χ1n) is 12.1. The molecular formula is C27H32ClN5O4. The Bertz CT molecular complexity index is 1190. The van der Waals surface area contributed by atoms with Crippen LogP contribution in [-0.2, 0) is 26.4 Å².